The van der Waals surface area contributed by atoms with Crippen LogP contribution in [0.25, 0.3) is 0 Å². The fraction of sp³-hybridized carbons (Fsp3) is 0.500. The minimum absolute atomic E-state index is 0.252. The average molecular weight is 363 g/mol. The van der Waals surface area contributed by atoms with Gasteiger partial charge in [0.15, 0.2) is 0 Å². The van der Waals surface area contributed by atoms with E-state index in [1.54, 1.807) is 7.11 Å². The minimum atomic E-state index is -0.889. The van der Waals surface area contributed by atoms with E-state index in [0.29, 0.717) is 6.61 Å². The van der Waals surface area contributed by atoms with Gasteiger partial charge in [0.2, 0.25) is 0 Å². The first kappa shape index (κ1) is 16.3. The minimum Gasteiger partial charge on any atom is -0.383 e. The molecule has 0 spiro atoms. The monoisotopic (exact) mass is 362 g/mol. The second-order valence-corrected chi connectivity index (χ2v) is 6.09. The summed E-state index contributed by atoms with van der Waals surface area (Å²) in [6.45, 7) is 1.52. The lowest BCUT2D eigenvalue weighted by Crippen LogP contribution is -2.53. The first-order valence-electron chi connectivity index (χ1n) is 6.64. The Labute approximate surface area is 130 Å². The molecule has 21 heavy (non-hydrogen) atoms. The number of methoxy groups -OCH3 is 1. The fourth-order valence-corrected chi connectivity index (χ4v) is 2.97. The molecule has 1 aliphatic heterocycles. The van der Waals surface area contributed by atoms with Crippen molar-refractivity contribution in [3.05, 3.63) is 33.8 Å². The summed E-state index contributed by atoms with van der Waals surface area (Å²) in [5.41, 5.74) is -0.934. The molecule has 1 atom stereocenters. The highest BCUT2D eigenvalue weighted by atomic mass is 79.9. The lowest BCUT2D eigenvalue weighted by molar-refractivity contribution is 0.0884. The first-order valence-corrected chi connectivity index (χ1v) is 7.43. The Bertz CT molecular complexity index is 511. The SMILES string of the molecule is COCC1(CNC(=O)c2c(F)cc(Br)cc2F)CCCN1. The van der Waals surface area contributed by atoms with Gasteiger partial charge in [-0.15, -0.1) is 0 Å². The van der Waals surface area contributed by atoms with Gasteiger partial charge in [-0.2, -0.15) is 0 Å². The fourth-order valence-electron chi connectivity index (χ4n) is 2.57. The van der Waals surface area contributed by atoms with E-state index >= 15 is 0 Å². The van der Waals surface area contributed by atoms with Gasteiger partial charge in [0.25, 0.3) is 5.91 Å². The molecule has 116 valence electrons. The van der Waals surface area contributed by atoms with E-state index in [9.17, 15) is 13.6 Å². The van der Waals surface area contributed by atoms with Gasteiger partial charge in [0, 0.05) is 18.1 Å². The quantitative estimate of drug-likeness (QED) is 0.844. The molecular weight excluding hydrogens is 346 g/mol. The largest absolute Gasteiger partial charge is 0.383 e. The zero-order valence-electron chi connectivity index (χ0n) is 11.6. The molecule has 0 aliphatic carbocycles. The summed E-state index contributed by atoms with van der Waals surface area (Å²) < 4.78 is 32.9. The number of ether oxygens (including phenoxy) is 1. The van der Waals surface area contributed by atoms with Crippen LogP contribution in [-0.2, 0) is 4.74 Å². The highest BCUT2D eigenvalue weighted by molar-refractivity contribution is 9.10. The summed E-state index contributed by atoms with van der Waals surface area (Å²) in [6.07, 6.45) is 1.81. The molecule has 2 N–H and O–H groups in total. The summed E-state index contributed by atoms with van der Waals surface area (Å²) in [5, 5.41) is 5.87. The molecule has 0 bridgehead atoms. The van der Waals surface area contributed by atoms with E-state index in [2.05, 4.69) is 26.6 Å². The maximum Gasteiger partial charge on any atom is 0.257 e. The van der Waals surface area contributed by atoms with Gasteiger partial charge in [-0.1, -0.05) is 15.9 Å². The number of carbonyl (C=O) groups is 1. The molecule has 0 aromatic heterocycles. The van der Waals surface area contributed by atoms with Crippen LogP contribution in [0.2, 0.25) is 0 Å². The van der Waals surface area contributed by atoms with Crippen molar-refractivity contribution in [2.45, 2.75) is 18.4 Å². The Kier molecular flexibility index (Phi) is 5.29. The first-order chi connectivity index (χ1) is 9.97. The molecule has 1 heterocycles. The van der Waals surface area contributed by atoms with E-state index in [1.807, 2.05) is 0 Å². The summed E-state index contributed by atoms with van der Waals surface area (Å²) in [6, 6.07) is 2.13. The number of nitrogens with one attached hydrogen (secondary N) is 2. The maximum absolute atomic E-state index is 13.7. The summed E-state index contributed by atoms with van der Waals surface area (Å²) >= 11 is 2.98. The highest BCUT2D eigenvalue weighted by Crippen LogP contribution is 2.21. The van der Waals surface area contributed by atoms with Crippen molar-refractivity contribution in [3.63, 3.8) is 0 Å². The number of carbonyl (C=O) groups excluding carboxylic acids is 1. The molecule has 1 saturated heterocycles. The Morgan fingerprint density at radius 2 is 2.14 bits per heavy atom. The Morgan fingerprint density at radius 1 is 1.48 bits per heavy atom. The van der Waals surface area contributed by atoms with Crippen molar-refractivity contribution >= 4 is 21.8 Å². The molecule has 1 unspecified atom stereocenters. The van der Waals surface area contributed by atoms with Crippen molar-refractivity contribution in [1.29, 1.82) is 0 Å². The number of hydrogen-bond donors (Lipinski definition) is 2. The third-order valence-corrected chi connectivity index (χ3v) is 4.03. The zero-order chi connectivity index (χ0) is 15.5. The van der Waals surface area contributed by atoms with Gasteiger partial charge in [-0.05, 0) is 31.5 Å². The molecule has 1 aromatic rings. The number of rotatable bonds is 5. The molecule has 1 amide bonds. The molecule has 0 radical (unpaired) electrons. The predicted octanol–water partition coefficient (Wildman–Crippen LogP) is 2.23. The van der Waals surface area contributed by atoms with Crippen molar-refractivity contribution in [2.24, 2.45) is 0 Å². The number of benzene rings is 1. The van der Waals surface area contributed by atoms with Crippen molar-refractivity contribution < 1.29 is 18.3 Å². The zero-order valence-corrected chi connectivity index (χ0v) is 13.2. The number of halogens is 3. The molecule has 7 heteroatoms. The number of amides is 1. The van der Waals surface area contributed by atoms with Crippen LogP contribution in [0.15, 0.2) is 16.6 Å². The third-order valence-electron chi connectivity index (χ3n) is 3.57. The van der Waals surface area contributed by atoms with Gasteiger partial charge in [0.05, 0.1) is 12.1 Å². The van der Waals surface area contributed by atoms with Gasteiger partial charge < -0.3 is 15.4 Å². The maximum atomic E-state index is 13.7. The standard InChI is InChI=1S/C14H17BrF2N2O2/c1-21-8-14(3-2-4-19-14)7-18-13(20)12-10(16)5-9(15)6-11(12)17/h5-6,19H,2-4,7-8H2,1H3,(H,18,20). The molecule has 1 fully saturated rings. The second kappa shape index (κ2) is 6.81. The van der Waals surface area contributed by atoms with Crippen molar-refractivity contribution in [3.8, 4) is 0 Å². The Balaban J connectivity index is 2.08. The van der Waals surface area contributed by atoms with Gasteiger partial charge >= 0.3 is 0 Å². The van der Waals surface area contributed by atoms with Crippen LogP contribution in [0.4, 0.5) is 8.78 Å². The third kappa shape index (κ3) is 3.78. The lowest BCUT2D eigenvalue weighted by atomic mass is 9.98. The normalized spacial score (nSPS) is 21.5. The summed E-state index contributed by atoms with van der Waals surface area (Å²) in [7, 11) is 1.58. The highest BCUT2D eigenvalue weighted by Gasteiger charge is 2.34. The Morgan fingerprint density at radius 3 is 2.67 bits per heavy atom. The van der Waals surface area contributed by atoms with Crippen molar-refractivity contribution in [2.75, 3.05) is 26.8 Å². The van der Waals surface area contributed by atoms with Crippen LogP contribution in [-0.4, -0.2) is 38.3 Å². The van der Waals surface area contributed by atoms with E-state index in [-0.39, 0.29) is 16.6 Å². The van der Waals surface area contributed by atoms with Crippen LogP contribution < -0.4 is 10.6 Å². The van der Waals surface area contributed by atoms with Crippen LogP contribution in [0.5, 0.6) is 0 Å². The van der Waals surface area contributed by atoms with E-state index in [0.717, 1.165) is 31.5 Å². The summed E-state index contributed by atoms with van der Waals surface area (Å²) in [5.74, 6) is -2.54. The average Bonchev–Trinajstić information content (AvgIpc) is 2.85. The van der Waals surface area contributed by atoms with E-state index in [4.69, 9.17) is 4.74 Å². The lowest BCUT2D eigenvalue weighted by Gasteiger charge is -2.29. The molecule has 1 aliphatic rings. The van der Waals surface area contributed by atoms with Crippen LogP contribution in [0.1, 0.15) is 23.2 Å². The van der Waals surface area contributed by atoms with Gasteiger partial charge in [-0.3, -0.25) is 4.79 Å². The molecule has 0 saturated carbocycles. The summed E-state index contributed by atoms with van der Waals surface area (Å²) in [4.78, 5) is 12.0. The topological polar surface area (TPSA) is 50.4 Å². The molecule has 1 aromatic carbocycles. The smallest absolute Gasteiger partial charge is 0.257 e. The van der Waals surface area contributed by atoms with E-state index in [1.165, 1.54) is 0 Å². The number of hydrogen-bond acceptors (Lipinski definition) is 3. The van der Waals surface area contributed by atoms with Crippen LogP contribution >= 0.6 is 15.9 Å². The Hall–Kier alpha value is -1.05. The van der Waals surface area contributed by atoms with Crippen LogP contribution in [0.3, 0.4) is 0 Å². The van der Waals surface area contributed by atoms with E-state index < -0.39 is 23.1 Å². The van der Waals surface area contributed by atoms with Gasteiger partial charge in [-0.25, -0.2) is 8.78 Å². The molecule has 2 rings (SSSR count). The van der Waals surface area contributed by atoms with Crippen LogP contribution in [0, 0.1) is 11.6 Å². The molecular formula is C14H17BrF2N2O2. The second-order valence-electron chi connectivity index (χ2n) is 5.17. The molecule has 4 nitrogen and oxygen atoms in total. The predicted molar refractivity (Wildman–Crippen MR) is 78.2 cm³/mol. The van der Waals surface area contributed by atoms with Gasteiger partial charge in [0.1, 0.15) is 17.2 Å². The van der Waals surface area contributed by atoms with Crippen molar-refractivity contribution in [1.82, 2.24) is 10.6 Å².